The maximum Gasteiger partial charge on any atom is 0.260 e. The second kappa shape index (κ2) is 11.4. The molecule has 5 rings (SSSR count). The van der Waals surface area contributed by atoms with Crippen LogP contribution in [-0.2, 0) is 17.9 Å². The van der Waals surface area contributed by atoms with Gasteiger partial charge >= 0.3 is 0 Å². The molecule has 0 atom stereocenters. The highest BCUT2D eigenvalue weighted by molar-refractivity contribution is 6.30. The zero-order valence-corrected chi connectivity index (χ0v) is 21.4. The van der Waals surface area contributed by atoms with E-state index in [0.29, 0.717) is 47.4 Å². The topological polar surface area (TPSA) is 100 Å². The van der Waals surface area contributed by atoms with Crippen LogP contribution in [0.5, 0.6) is 5.75 Å². The minimum atomic E-state index is -0.0301. The van der Waals surface area contributed by atoms with Gasteiger partial charge < -0.3 is 20.4 Å². The number of ether oxygens (including phenoxy) is 1. The van der Waals surface area contributed by atoms with Crippen molar-refractivity contribution in [2.75, 3.05) is 50.6 Å². The third kappa shape index (κ3) is 5.92. The Labute approximate surface area is 220 Å². The molecule has 2 N–H and O–H groups in total. The standard InChI is InChI=1S/C26H29ClN8O2/c1-28-35-18-32-24-25(30-17-31-26(24)35)29-14-20-13-21(27)7-8-22(20)37-16-23(36)34-11-9-33(10-12-34)15-19-5-3-2-4-6-19/h2-8,13,17-18,28H,9-12,14-16H2,1H3,(H,29,30,31). The highest BCUT2D eigenvalue weighted by Gasteiger charge is 2.22. The molecular formula is C26H29ClN8O2. The number of piperazine rings is 1. The Bertz CT molecular complexity index is 1360. The average molecular weight is 521 g/mol. The van der Waals surface area contributed by atoms with Crippen LogP contribution in [0.3, 0.4) is 0 Å². The molecule has 1 aliphatic heterocycles. The smallest absolute Gasteiger partial charge is 0.260 e. The first kappa shape index (κ1) is 24.8. The Kier molecular flexibility index (Phi) is 7.67. The Morgan fingerprint density at radius 3 is 2.65 bits per heavy atom. The fourth-order valence-corrected chi connectivity index (χ4v) is 4.56. The molecule has 192 valence electrons. The van der Waals surface area contributed by atoms with Gasteiger partial charge in [0.05, 0.1) is 0 Å². The molecule has 37 heavy (non-hydrogen) atoms. The molecule has 3 heterocycles. The van der Waals surface area contributed by atoms with Crippen molar-refractivity contribution in [2.24, 2.45) is 0 Å². The van der Waals surface area contributed by atoms with Crippen molar-refractivity contribution in [2.45, 2.75) is 13.1 Å². The van der Waals surface area contributed by atoms with E-state index in [-0.39, 0.29) is 12.5 Å². The predicted molar refractivity (Wildman–Crippen MR) is 143 cm³/mol. The van der Waals surface area contributed by atoms with E-state index in [0.717, 1.165) is 25.2 Å². The van der Waals surface area contributed by atoms with Gasteiger partial charge in [0.15, 0.2) is 23.6 Å². The van der Waals surface area contributed by atoms with Gasteiger partial charge in [-0.25, -0.2) is 19.6 Å². The molecule has 1 fully saturated rings. The zero-order valence-electron chi connectivity index (χ0n) is 20.6. The zero-order chi connectivity index (χ0) is 25.6. The minimum Gasteiger partial charge on any atom is -0.483 e. The molecule has 0 saturated carbocycles. The van der Waals surface area contributed by atoms with E-state index in [1.54, 1.807) is 30.2 Å². The van der Waals surface area contributed by atoms with Gasteiger partial charge in [0.2, 0.25) is 0 Å². The molecule has 11 heteroatoms. The number of halogens is 1. The van der Waals surface area contributed by atoms with Crippen molar-refractivity contribution in [3.8, 4) is 5.75 Å². The summed E-state index contributed by atoms with van der Waals surface area (Å²) in [6, 6.07) is 15.8. The van der Waals surface area contributed by atoms with Gasteiger partial charge in [0.25, 0.3) is 5.91 Å². The molecule has 2 aromatic heterocycles. The highest BCUT2D eigenvalue weighted by Crippen LogP contribution is 2.25. The third-order valence-corrected chi connectivity index (χ3v) is 6.60. The van der Waals surface area contributed by atoms with Gasteiger partial charge in [0.1, 0.15) is 18.4 Å². The maximum absolute atomic E-state index is 12.9. The van der Waals surface area contributed by atoms with Crippen molar-refractivity contribution < 1.29 is 9.53 Å². The predicted octanol–water partition coefficient (Wildman–Crippen LogP) is 2.99. The second-order valence-electron chi connectivity index (χ2n) is 8.77. The van der Waals surface area contributed by atoms with E-state index < -0.39 is 0 Å². The number of hydrogen-bond donors (Lipinski definition) is 2. The fourth-order valence-electron chi connectivity index (χ4n) is 4.36. The fraction of sp³-hybridized carbons (Fsp3) is 0.308. The molecule has 10 nitrogen and oxygen atoms in total. The molecule has 0 unspecified atom stereocenters. The largest absolute Gasteiger partial charge is 0.483 e. The number of carbonyl (C=O) groups excluding carboxylic acids is 1. The van der Waals surface area contributed by atoms with Crippen LogP contribution in [-0.4, -0.2) is 75.2 Å². The normalized spacial score (nSPS) is 14.1. The summed E-state index contributed by atoms with van der Waals surface area (Å²) in [4.78, 5) is 30.1. The van der Waals surface area contributed by atoms with Crippen LogP contribution in [0.1, 0.15) is 11.1 Å². The van der Waals surface area contributed by atoms with Gasteiger partial charge in [0, 0.05) is 56.9 Å². The summed E-state index contributed by atoms with van der Waals surface area (Å²) in [5, 5.41) is 3.87. The molecule has 0 aliphatic carbocycles. The number of benzene rings is 2. The highest BCUT2D eigenvalue weighted by atomic mass is 35.5. The number of rotatable bonds is 9. The first-order chi connectivity index (χ1) is 18.1. The van der Waals surface area contributed by atoms with Gasteiger partial charge in [-0.15, -0.1) is 0 Å². The first-order valence-corrected chi connectivity index (χ1v) is 12.5. The summed E-state index contributed by atoms with van der Waals surface area (Å²) in [5.74, 6) is 1.16. The van der Waals surface area contributed by atoms with E-state index in [1.807, 2.05) is 17.0 Å². The van der Waals surface area contributed by atoms with Gasteiger partial charge in [-0.3, -0.25) is 9.69 Å². The van der Waals surface area contributed by atoms with Gasteiger partial charge in [-0.2, -0.15) is 0 Å². The number of imidazole rings is 1. The van der Waals surface area contributed by atoms with Crippen molar-refractivity contribution in [1.82, 2.24) is 29.4 Å². The molecule has 2 aromatic carbocycles. The second-order valence-corrected chi connectivity index (χ2v) is 9.21. The average Bonchev–Trinajstić information content (AvgIpc) is 3.36. The lowest BCUT2D eigenvalue weighted by Gasteiger charge is -2.34. The van der Waals surface area contributed by atoms with Crippen LogP contribution in [0.4, 0.5) is 5.82 Å². The third-order valence-electron chi connectivity index (χ3n) is 6.37. The van der Waals surface area contributed by atoms with E-state index in [4.69, 9.17) is 16.3 Å². The minimum absolute atomic E-state index is 0.0247. The lowest BCUT2D eigenvalue weighted by molar-refractivity contribution is -0.135. The molecule has 0 bridgehead atoms. The van der Waals surface area contributed by atoms with Gasteiger partial charge in [-0.1, -0.05) is 41.9 Å². The number of nitrogens with one attached hydrogen (secondary N) is 2. The first-order valence-electron chi connectivity index (χ1n) is 12.2. The summed E-state index contributed by atoms with van der Waals surface area (Å²) in [6.07, 6.45) is 3.12. The number of carbonyl (C=O) groups is 1. The molecular weight excluding hydrogens is 492 g/mol. The SMILES string of the molecule is CNn1cnc2c(NCc3cc(Cl)ccc3OCC(=O)N3CCN(Cc4ccccc4)CC3)ncnc21. The molecule has 0 spiro atoms. The number of aromatic nitrogens is 4. The Morgan fingerprint density at radius 1 is 1.05 bits per heavy atom. The molecule has 0 radical (unpaired) electrons. The lowest BCUT2D eigenvalue weighted by Crippen LogP contribution is -2.49. The number of amides is 1. The Balaban J connectivity index is 1.17. The van der Waals surface area contributed by atoms with E-state index >= 15 is 0 Å². The van der Waals surface area contributed by atoms with Crippen molar-refractivity contribution in [3.05, 3.63) is 77.3 Å². The van der Waals surface area contributed by atoms with Crippen LogP contribution in [0.15, 0.2) is 61.2 Å². The summed E-state index contributed by atoms with van der Waals surface area (Å²) in [5.41, 5.74) is 6.40. The maximum atomic E-state index is 12.9. The van der Waals surface area contributed by atoms with Crippen molar-refractivity contribution >= 4 is 34.5 Å². The van der Waals surface area contributed by atoms with E-state index in [9.17, 15) is 4.79 Å². The molecule has 1 aliphatic rings. The lowest BCUT2D eigenvalue weighted by atomic mass is 10.2. The van der Waals surface area contributed by atoms with Crippen LogP contribution >= 0.6 is 11.6 Å². The Morgan fingerprint density at radius 2 is 1.86 bits per heavy atom. The summed E-state index contributed by atoms with van der Waals surface area (Å²) in [7, 11) is 1.79. The van der Waals surface area contributed by atoms with Crippen LogP contribution < -0.4 is 15.5 Å². The Hall–Kier alpha value is -3.89. The summed E-state index contributed by atoms with van der Waals surface area (Å²) < 4.78 is 7.67. The quantitative estimate of drug-likeness (QED) is 0.347. The number of anilines is 1. The summed E-state index contributed by atoms with van der Waals surface area (Å²) >= 11 is 6.26. The monoisotopic (exact) mass is 520 g/mol. The van der Waals surface area contributed by atoms with E-state index in [1.165, 1.54) is 11.9 Å². The van der Waals surface area contributed by atoms with E-state index in [2.05, 4.69) is 54.9 Å². The molecule has 1 saturated heterocycles. The summed E-state index contributed by atoms with van der Waals surface area (Å²) in [6.45, 7) is 4.31. The van der Waals surface area contributed by atoms with Gasteiger partial charge in [-0.05, 0) is 23.8 Å². The van der Waals surface area contributed by atoms with Crippen LogP contribution in [0.25, 0.3) is 11.2 Å². The number of hydrogen-bond acceptors (Lipinski definition) is 8. The van der Waals surface area contributed by atoms with Crippen molar-refractivity contribution in [1.29, 1.82) is 0 Å². The van der Waals surface area contributed by atoms with Crippen LogP contribution in [0, 0.1) is 0 Å². The molecule has 4 aromatic rings. The number of nitrogens with zero attached hydrogens (tertiary/aromatic N) is 6. The molecule has 1 amide bonds. The van der Waals surface area contributed by atoms with Crippen LogP contribution in [0.2, 0.25) is 5.02 Å². The van der Waals surface area contributed by atoms with Crippen molar-refractivity contribution in [3.63, 3.8) is 0 Å². The number of fused-ring (bicyclic) bond motifs is 1.